The van der Waals surface area contributed by atoms with E-state index in [1.807, 2.05) is 0 Å². The first kappa shape index (κ1) is 31.2. The van der Waals surface area contributed by atoms with Gasteiger partial charge in [-0.3, -0.25) is 0 Å². The van der Waals surface area contributed by atoms with Crippen molar-refractivity contribution in [2.75, 3.05) is 0 Å². The maximum absolute atomic E-state index is 2.51. The molecule has 1 spiro atoms. The summed E-state index contributed by atoms with van der Waals surface area (Å²) in [7, 11) is 0. The third-order valence-electron chi connectivity index (χ3n) is 12.4. The molecule has 2 aliphatic rings. The minimum absolute atomic E-state index is 0.484. The zero-order valence-corrected chi connectivity index (χ0v) is 30.7. The van der Waals surface area contributed by atoms with Gasteiger partial charge in [0, 0.05) is 16.5 Å². The highest BCUT2D eigenvalue weighted by Crippen LogP contribution is 2.63. The van der Waals surface area contributed by atoms with Crippen LogP contribution in [-0.4, -0.2) is 4.57 Å². The first-order chi connectivity index (χ1) is 27.8. The molecule has 12 rings (SSSR count). The third-order valence-corrected chi connectivity index (χ3v) is 12.4. The highest BCUT2D eigenvalue weighted by molar-refractivity contribution is 6.09. The lowest BCUT2D eigenvalue weighted by molar-refractivity contribution is 0.793. The largest absolute Gasteiger partial charge is 0.309 e. The molecular weight excluding hydrogens is 675 g/mol. The molecular formula is C55H35N. The van der Waals surface area contributed by atoms with Crippen LogP contribution in [-0.2, 0) is 5.41 Å². The number of aromatic nitrogens is 1. The molecule has 0 amide bonds. The fourth-order valence-electron chi connectivity index (χ4n) is 10.0. The van der Waals surface area contributed by atoms with E-state index in [1.165, 1.54) is 105 Å². The van der Waals surface area contributed by atoms with Crippen LogP contribution in [0.1, 0.15) is 22.3 Å². The average Bonchev–Trinajstić information content (AvgIpc) is 3.88. The number of fused-ring (bicyclic) bond motifs is 13. The molecule has 0 radical (unpaired) electrons. The Kier molecular flexibility index (Phi) is 6.62. The van der Waals surface area contributed by atoms with Crippen molar-refractivity contribution < 1.29 is 0 Å². The smallest absolute Gasteiger partial charge is 0.0726 e. The minimum Gasteiger partial charge on any atom is -0.309 e. The predicted octanol–water partition coefficient (Wildman–Crippen LogP) is 14.1. The molecule has 0 bridgehead atoms. The monoisotopic (exact) mass is 709 g/mol. The molecule has 1 heteroatoms. The standard InChI is InChI=1S/C55H35N/c1-3-15-36(16-4-1)39-31-40(37-17-5-2-6-18-37)33-41(32-39)38-27-29-45-46-30-28-42(56-53-25-13-9-21-47(53)48-22-10-14-26-54(48)56)35-52(46)55(51(45)34-38)49-23-11-7-19-43(49)44-20-8-12-24-50(44)55/h1-35H. The summed E-state index contributed by atoms with van der Waals surface area (Å²) in [5, 5.41) is 2.55. The second-order valence-corrected chi connectivity index (χ2v) is 15.2. The summed E-state index contributed by atoms with van der Waals surface area (Å²) in [6.45, 7) is 0. The van der Waals surface area contributed by atoms with Crippen molar-refractivity contribution in [2.45, 2.75) is 5.41 Å². The number of benzene rings is 9. The van der Waals surface area contributed by atoms with Gasteiger partial charge in [-0.15, -0.1) is 0 Å². The quantitative estimate of drug-likeness (QED) is 0.171. The van der Waals surface area contributed by atoms with Crippen LogP contribution >= 0.6 is 0 Å². The lowest BCUT2D eigenvalue weighted by Gasteiger charge is -2.31. The number of hydrogen-bond donors (Lipinski definition) is 0. The van der Waals surface area contributed by atoms with Crippen molar-refractivity contribution in [1.29, 1.82) is 0 Å². The highest BCUT2D eigenvalue weighted by Gasteiger charge is 2.51. The molecule has 56 heavy (non-hydrogen) atoms. The van der Waals surface area contributed by atoms with Crippen molar-refractivity contribution in [3.05, 3.63) is 235 Å². The highest BCUT2D eigenvalue weighted by atomic mass is 15.0. The Morgan fingerprint density at radius 3 is 1.27 bits per heavy atom. The SMILES string of the molecule is c1ccc(-c2cc(-c3ccccc3)cc(-c3ccc4c(c3)C3(c5ccccc5-c5ccccc53)c3cc(-n5c6ccccc6c6ccccc65)ccc3-4)c2)cc1. The molecule has 0 saturated heterocycles. The van der Waals surface area contributed by atoms with Gasteiger partial charge in [0.1, 0.15) is 0 Å². The summed E-state index contributed by atoms with van der Waals surface area (Å²) in [4.78, 5) is 0. The molecule has 2 aliphatic carbocycles. The second-order valence-electron chi connectivity index (χ2n) is 15.2. The molecule has 1 heterocycles. The van der Waals surface area contributed by atoms with E-state index < -0.39 is 5.41 Å². The molecule has 0 saturated carbocycles. The predicted molar refractivity (Wildman–Crippen MR) is 233 cm³/mol. The molecule has 0 aliphatic heterocycles. The van der Waals surface area contributed by atoms with Crippen LogP contribution in [0.2, 0.25) is 0 Å². The molecule has 1 nitrogen and oxygen atoms in total. The van der Waals surface area contributed by atoms with Gasteiger partial charge in [-0.05, 0) is 126 Å². The Labute approximate surface area is 326 Å². The van der Waals surface area contributed by atoms with Crippen LogP contribution in [0.15, 0.2) is 212 Å². The lowest BCUT2D eigenvalue weighted by Crippen LogP contribution is -2.26. The molecule has 0 unspecified atom stereocenters. The minimum atomic E-state index is -0.484. The molecule has 10 aromatic rings. The topological polar surface area (TPSA) is 4.93 Å². The fourth-order valence-corrected chi connectivity index (χ4v) is 10.0. The first-order valence-corrected chi connectivity index (χ1v) is 19.5. The van der Waals surface area contributed by atoms with Gasteiger partial charge in [-0.1, -0.05) is 164 Å². The van der Waals surface area contributed by atoms with Gasteiger partial charge in [-0.25, -0.2) is 0 Å². The molecule has 0 atom stereocenters. The van der Waals surface area contributed by atoms with Gasteiger partial charge in [-0.2, -0.15) is 0 Å². The fraction of sp³-hybridized carbons (Fsp3) is 0.0182. The molecule has 1 aromatic heterocycles. The zero-order chi connectivity index (χ0) is 36.8. The summed E-state index contributed by atoms with van der Waals surface area (Å²) in [5.41, 5.74) is 21.0. The van der Waals surface area contributed by atoms with Crippen LogP contribution in [0.5, 0.6) is 0 Å². The van der Waals surface area contributed by atoms with E-state index in [-0.39, 0.29) is 0 Å². The van der Waals surface area contributed by atoms with Crippen LogP contribution in [0.4, 0.5) is 0 Å². The maximum Gasteiger partial charge on any atom is 0.0726 e. The van der Waals surface area contributed by atoms with Crippen molar-refractivity contribution in [2.24, 2.45) is 0 Å². The van der Waals surface area contributed by atoms with E-state index >= 15 is 0 Å². The van der Waals surface area contributed by atoms with E-state index in [0.717, 1.165) is 0 Å². The van der Waals surface area contributed by atoms with Gasteiger partial charge >= 0.3 is 0 Å². The Morgan fingerprint density at radius 2 is 0.696 bits per heavy atom. The van der Waals surface area contributed by atoms with E-state index in [9.17, 15) is 0 Å². The van der Waals surface area contributed by atoms with Crippen LogP contribution in [0.3, 0.4) is 0 Å². The summed E-state index contributed by atoms with van der Waals surface area (Å²) >= 11 is 0. The second kappa shape index (κ2) is 11.9. The Hall–Kier alpha value is -7.22. The number of para-hydroxylation sites is 2. The molecule has 9 aromatic carbocycles. The average molecular weight is 710 g/mol. The Morgan fingerprint density at radius 1 is 0.268 bits per heavy atom. The van der Waals surface area contributed by atoms with Gasteiger partial charge in [0.05, 0.1) is 16.4 Å². The van der Waals surface area contributed by atoms with Gasteiger partial charge in [0.25, 0.3) is 0 Å². The van der Waals surface area contributed by atoms with E-state index in [4.69, 9.17) is 0 Å². The van der Waals surface area contributed by atoms with E-state index in [1.54, 1.807) is 0 Å². The van der Waals surface area contributed by atoms with Crippen molar-refractivity contribution in [3.8, 4) is 61.3 Å². The molecule has 260 valence electrons. The van der Waals surface area contributed by atoms with Crippen molar-refractivity contribution in [3.63, 3.8) is 0 Å². The van der Waals surface area contributed by atoms with Crippen molar-refractivity contribution >= 4 is 21.8 Å². The lowest BCUT2D eigenvalue weighted by atomic mass is 9.70. The maximum atomic E-state index is 2.51. The normalized spacial score (nSPS) is 13.1. The van der Waals surface area contributed by atoms with Crippen molar-refractivity contribution in [1.82, 2.24) is 4.57 Å². The number of hydrogen-bond acceptors (Lipinski definition) is 0. The van der Waals surface area contributed by atoms with Crippen LogP contribution in [0.25, 0.3) is 83.1 Å². The van der Waals surface area contributed by atoms with E-state index in [2.05, 4.69) is 217 Å². The summed E-state index contributed by atoms with van der Waals surface area (Å²) in [6.07, 6.45) is 0. The number of rotatable bonds is 4. The third kappa shape index (κ3) is 4.31. The first-order valence-electron chi connectivity index (χ1n) is 19.5. The summed E-state index contributed by atoms with van der Waals surface area (Å²) < 4.78 is 2.46. The Balaban J connectivity index is 1.14. The molecule has 0 fully saturated rings. The molecule has 0 N–H and O–H groups in total. The van der Waals surface area contributed by atoms with E-state index in [0.29, 0.717) is 0 Å². The van der Waals surface area contributed by atoms with Crippen LogP contribution < -0.4 is 0 Å². The number of nitrogens with zero attached hydrogens (tertiary/aromatic N) is 1. The van der Waals surface area contributed by atoms with Gasteiger partial charge in [0.15, 0.2) is 0 Å². The van der Waals surface area contributed by atoms with Gasteiger partial charge in [0.2, 0.25) is 0 Å². The zero-order valence-electron chi connectivity index (χ0n) is 30.7. The van der Waals surface area contributed by atoms with Gasteiger partial charge < -0.3 is 4.57 Å². The van der Waals surface area contributed by atoms with Crippen LogP contribution in [0, 0.1) is 0 Å². The summed E-state index contributed by atoms with van der Waals surface area (Å²) in [6, 6.07) is 78.9. The summed E-state index contributed by atoms with van der Waals surface area (Å²) in [5.74, 6) is 0. The Bertz CT molecular complexity index is 3030.